The average molecular weight is 485 g/mol. The highest BCUT2D eigenvalue weighted by atomic mass is 32.2. The third-order valence-corrected chi connectivity index (χ3v) is 8.42. The number of piperazine rings is 1. The van der Waals surface area contributed by atoms with Gasteiger partial charge in [0.25, 0.3) is 10.0 Å². The number of carbonyl (C=O) groups excluding carboxylic acids is 2. The highest BCUT2D eigenvalue weighted by Gasteiger charge is 2.31. The van der Waals surface area contributed by atoms with Gasteiger partial charge in [-0.25, -0.2) is 13.2 Å². The zero-order valence-electron chi connectivity index (χ0n) is 18.7. The Morgan fingerprint density at radius 2 is 1.91 bits per heavy atom. The second-order valence-electron chi connectivity index (χ2n) is 8.55. The van der Waals surface area contributed by atoms with E-state index in [-0.39, 0.29) is 34.2 Å². The minimum atomic E-state index is -3.72. The number of carbonyl (C=O) groups is 2. The third kappa shape index (κ3) is 5.54. The molecule has 2 aromatic rings. The number of aryl methyl sites for hydroxylation is 1. The fraction of sp³-hybridized carbons (Fsp3) is 0.600. The van der Waals surface area contributed by atoms with E-state index in [4.69, 9.17) is 4.52 Å². The van der Waals surface area contributed by atoms with Crippen molar-refractivity contribution >= 4 is 33.2 Å². The van der Waals surface area contributed by atoms with Gasteiger partial charge in [-0.05, 0) is 12.5 Å². The molecule has 3 rings (SSSR count). The van der Waals surface area contributed by atoms with Crippen LogP contribution in [0.2, 0.25) is 0 Å². The number of esters is 1. The minimum Gasteiger partial charge on any atom is -0.465 e. The second kappa shape index (κ2) is 9.67. The van der Waals surface area contributed by atoms with Gasteiger partial charge >= 0.3 is 5.97 Å². The van der Waals surface area contributed by atoms with Crippen LogP contribution in [0.4, 0.5) is 0 Å². The van der Waals surface area contributed by atoms with E-state index in [0.717, 1.165) is 11.3 Å². The van der Waals surface area contributed by atoms with E-state index in [1.807, 2.05) is 20.8 Å². The molecule has 2 aromatic heterocycles. The molecule has 0 atom stereocenters. The molecule has 0 aromatic carbocycles. The first-order chi connectivity index (χ1) is 15.0. The summed E-state index contributed by atoms with van der Waals surface area (Å²) in [6.07, 6.45) is 1.42. The first kappa shape index (κ1) is 24.3. The molecule has 1 amide bonds. The number of thiophene rings is 1. The zero-order valence-corrected chi connectivity index (χ0v) is 20.3. The van der Waals surface area contributed by atoms with Gasteiger partial charge in [0, 0.05) is 49.8 Å². The number of sulfonamides is 1. The van der Waals surface area contributed by atoms with Crippen LogP contribution in [-0.4, -0.2) is 72.9 Å². The van der Waals surface area contributed by atoms with E-state index in [2.05, 4.69) is 14.9 Å². The Labute approximate surface area is 191 Å². The number of hydrogen-bond donors (Lipinski definition) is 0. The van der Waals surface area contributed by atoms with Gasteiger partial charge in [0.05, 0.1) is 12.7 Å². The Balaban J connectivity index is 1.48. The van der Waals surface area contributed by atoms with E-state index in [0.29, 0.717) is 44.1 Å². The summed E-state index contributed by atoms with van der Waals surface area (Å²) >= 11 is 0.982. The fourth-order valence-electron chi connectivity index (χ4n) is 3.19. The Hall–Kier alpha value is -2.31. The van der Waals surface area contributed by atoms with Crippen molar-refractivity contribution in [3.05, 3.63) is 28.7 Å². The number of rotatable bonds is 7. The van der Waals surface area contributed by atoms with Crippen molar-refractivity contribution in [2.45, 2.75) is 49.7 Å². The zero-order chi connectivity index (χ0) is 23.5. The Morgan fingerprint density at radius 3 is 2.50 bits per heavy atom. The van der Waals surface area contributed by atoms with Crippen molar-refractivity contribution in [1.82, 2.24) is 19.3 Å². The lowest BCUT2D eigenvalue weighted by Crippen LogP contribution is -2.50. The highest BCUT2D eigenvalue weighted by molar-refractivity contribution is 7.91. The summed E-state index contributed by atoms with van der Waals surface area (Å²) in [6.45, 7) is 7.06. The van der Waals surface area contributed by atoms with Crippen molar-refractivity contribution in [2.75, 3.05) is 33.3 Å². The predicted molar refractivity (Wildman–Crippen MR) is 117 cm³/mol. The first-order valence-corrected chi connectivity index (χ1v) is 12.6. The van der Waals surface area contributed by atoms with Gasteiger partial charge in [-0.2, -0.15) is 9.29 Å². The number of ether oxygens (including phenoxy) is 1. The monoisotopic (exact) mass is 484 g/mol. The molecular weight excluding hydrogens is 456 g/mol. The lowest BCUT2D eigenvalue weighted by molar-refractivity contribution is -0.132. The number of hydrogen-bond acceptors (Lipinski definition) is 9. The first-order valence-electron chi connectivity index (χ1n) is 10.3. The maximum absolute atomic E-state index is 12.8. The average Bonchev–Trinajstić information content (AvgIpc) is 3.43. The van der Waals surface area contributed by atoms with E-state index in [1.165, 1.54) is 22.9 Å². The van der Waals surface area contributed by atoms with Crippen LogP contribution in [-0.2, 0) is 31.4 Å². The van der Waals surface area contributed by atoms with Crippen LogP contribution in [0.25, 0.3) is 0 Å². The van der Waals surface area contributed by atoms with E-state index in [9.17, 15) is 18.0 Å². The van der Waals surface area contributed by atoms with Crippen LogP contribution in [0.3, 0.4) is 0 Å². The Bertz CT molecular complexity index is 1060. The summed E-state index contributed by atoms with van der Waals surface area (Å²) in [4.78, 5) is 30.2. The van der Waals surface area contributed by atoms with Crippen LogP contribution in [0.1, 0.15) is 55.7 Å². The molecule has 0 saturated carbocycles. The molecular formula is C20H28N4O6S2. The largest absolute Gasteiger partial charge is 0.465 e. The van der Waals surface area contributed by atoms with Gasteiger partial charge in [0.15, 0.2) is 5.82 Å². The summed E-state index contributed by atoms with van der Waals surface area (Å²) in [5.74, 6) is 0.552. The molecule has 32 heavy (non-hydrogen) atoms. The van der Waals surface area contributed by atoms with Gasteiger partial charge in [-0.15, -0.1) is 11.3 Å². The van der Waals surface area contributed by atoms with Crippen LogP contribution in [0.15, 0.2) is 20.2 Å². The van der Waals surface area contributed by atoms with Gasteiger partial charge in [-0.1, -0.05) is 25.9 Å². The topological polar surface area (TPSA) is 123 Å². The molecule has 0 aliphatic carbocycles. The molecule has 0 N–H and O–H groups in total. The molecule has 3 heterocycles. The van der Waals surface area contributed by atoms with Gasteiger partial charge < -0.3 is 14.2 Å². The predicted octanol–water partition coefficient (Wildman–Crippen LogP) is 2.07. The standard InChI is InChI=1S/C20H28N4O6S2/c1-20(2,3)19-21-15(30-22-19)6-5-7-16(25)23-8-10-24(11-9-23)32(27,28)17-12-14(13-31-17)18(26)29-4/h12-13H,5-11H2,1-4H3. The summed E-state index contributed by atoms with van der Waals surface area (Å²) < 4.78 is 37.0. The molecule has 1 fully saturated rings. The van der Waals surface area contributed by atoms with Crippen LogP contribution < -0.4 is 0 Å². The smallest absolute Gasteiger partial charge is 0.338 e. The van der Waals surface area contributed by atoms with Crippen molar-refractivity contribution in [2.24, 2.45) is 0 Å². The maximum atomic E-state index is 12.8. The van der Waals surface area contributed by atoms with Gasteiger partial charge in [-0.3, -0.25) is 4.79 Å². The minimum absolute atomic E-state index is 0.0262. The van der Waals surface area contributed by atoms with Crippen LogP contribution in [0, 0.1) is 0 Å². The fourth-order valence-corrected chi connectivity index (χ4v) is 5.92. The summed E-state index contributed by atoms with van der Waals surface area (Å²) in [5.41, 5.74) is 0.0161. The molecule has 0 unspecified atom stereocenters. The van der Waals surface area contributed by atoms with Crippen molar-refractivity contribution in [1.29, 1.82) is 0 Å². The number of aromatic nitrogens is 2. The molecule has 0 spiro atoms. The third-order valence-electron chi connectivity index (χ3n) is 5.10. The van der Waals surface area contributed by atoms with E-state index >= 15 is 0 Å². The molecule has 1 aliphatic rings. The molecule has 10 nitrogen and oxygen atoms in total. The van der Waals surface area contributed by atoms with E-state index < -0.39 is 16.0 Å². The quantitative estimate of drug-likeness (QED) is 0.547. The Kier molecular flexibility index (Phi) is 7.36. The van der Waals surface area contributed by atoms with Crippen molar-refractivity contribution in [3.8, 4) is 0 Å². The maximum Gasteiger partial charge on any atom is 0.338 e. The van der Waals surface area contributed by atoms with Gasteiger partial charge in [0.1, 0.15) is 4.21 Å². The molecule has 1 aliphatic heterocycles. The summed E-state index contributed by atoms with van der Waals surface area (Å²) in [7, 11) is -2.47. The lowest BCUT2D eigenvalue weighted by atomic mass is 9.96. The number of methoxy groups -OCH3 is 1. The lowest BCUT2D eigenvalue weighted by Gasteiger charge is -2.33. The summed E-state index contributed by atoms with van der Waals surface area (Å²) in [6, 6.07) is 1.33. The molecule has 0 bridgehead atoms. The highest BCUT2D eigenvalue weighted by Crippen LogP contribution is 2.25. The SMILES string of the molecule is COC(=O)c1csc(S(=O)(=O)N2CCN(C(=O)CCCc3nc(C(C)(C)C)no3)CC2)c1. The van der Waals surface area contributed by atoms with Crippen molar-refractivity contribution < 1.29 is 27.3 Å². The summed E-state index contributed by atoms with van der Waals surface area (Å²) in [5, 5.41) is 5.44. The van der Waals surface area contributed by atoms with Crippen molar-refractivity contribution in [3.63, 3.8) is 0 Å². The van der Waals surface area contributed by atoms with Crippen LogP contribution in [0.5, 0.6) is 0 Å². The number of amides is 1. The normalized spacial score (nSPS) is 15.7. The second-order valence-corrected chi connectivity index (χ2v) is 11.6. The molecule has 0 radical (unpaired) electrons. The van der Waals surface area contributed by atoms with Gasteiger partial charge in [0.2, 0.25) is 11.8 Å². The van der Waals surface area contributed by atoms with E-state index in [1.54, 1.807) is 4.90 Å². The molecule has 1 saturated heterocycles. The number of nitrogens with zero attached hydrogens (tertiary/aromatic N) is 4. The molecule has 176 valence electrons. The molecule has 12 heteroatoms. The van der Waals surface area contributed by atoms with Crippen LogP contribution >= 0.6 is 11.3 Å². The Morgan fingerprint density at radius 1 is 1.22 bits per heavy atom.